The average molecular weight is 205 g/mol. The van der Waals surface area contributed by atoms with Crippen molar-refractivity contribution in [2.75, 3.05) is 0 Å². The molecule has 2 N–H and O–H groups in total. The fraction of sp³-hybridized carbons (Fsp3) is 0.250. The Hall–Kier alpha value is -1.77. The summed E-state index contributed by atoms with van der Waals surface area (Å²) in [6.45, 7) is 1.84. The summed E-state index contributed by atoms with van der Waals surface area (Å²) in [5, 5.41) is 11.5. The van der Waals surface area contributed by atoms with Gasteiger partial charge in [-0.25, -0.2) is 0 Å². The highest BCUT2D eigenvalue weighted by atomic mass is 16.4. The van der Waals surface area contributed by atoms with Gasteiger partial charge in [0, 0.05) is 6.04 Å². The molecule has 1 aromatic carbocycles. The standard InChI is InChI=1S/C12H15NO2/c1-10(9-12(14)15)13-8-7-11-5-3-2-4-6-11/h2-8,10,13H,9H2,1H3,(H,14,15)/b8-7+/t10-/m1/s1. The number of carboxylic acids is 1. The van der Waals surface area contributed by atoms with Crippen molar-refractivity contribution in [2.45, 2.75) is 19.4 Å². The van der Waals surface area contributed by atoms with E-state index in [1.54, 1.807) is 6.20 Å². The smallest absolute Gasteiger partial charge is 0.305 e. The Kier molecular flexibility index (Phi) is 4.41. The van der Waals surface area contributed by atoms with Gasteiger partial charge in [0.15, 0.2) is 0 Å². The van der Waals surface area contributed by atoms with E-state index in [1.165, 1.54) is 0 Å². The minimum Gasteiger partial charge on any atom is -0.481 e. The minimum absolute atomic E-state index is 0.0533. The quantitative estimate of drug-likeness (QED) is 0.774. The van der Waals surface area contributed by atoms with Crippen molar-refractivity contribution in [3.63, 3.8) is 0 Å². The van der Waals surface area contributed by atoms with Crippen LogP contribution >= 0.6 is 0 Å². The molecule has 1 rings (SSSR count). The molecule has 80 valence electrons. The van der Waals surface area contributed by atoms with Crippen molar-refractivity contribution in [1.29, 1.82) is 0 Å². The van der Waals surface area contributed by atoms with Gasteiger partial charge in [0.05, 0.1) is 6.42 Å². The molecule has 1 atom stereocenters. The molecule has 0 aliphatic carbocycles. The van der Waals surface area contributed by atoms with Crippen LogP contribution in [-0.2, 0) is 4.79 Å². The number of benzene rings is 1. The van der Waals surface area contributed by atoms with E-state index < -0.39 is 5.97 Å². The number of hydrogen-bond donors (Lipinski definition) is 2. The van der Waals surface area contributed by atoms with Gasteiger partial charge in [0.1, 0.15) is 0 Å². The molecule has 3 nitrogen and oxygen atoms in total. The third-order valence-electron chi connectivity index (χ3n) is 1.94. The largest absolute Gasteiger partial charge is 0.481 e. The number of aliphatic carboxylic acids is 1. The lowest BCUT2D eigenvalue weighted by Gasteiger charge is -2.07. The molecule has 0 bridgehead atoms. The van der Waals surface area contributed by atoms with Crippen LogP contribution in [0.15, 0.2) is 36.5 Å². The van der Waals surface area contributed by atoms with Gasteiger partial charge in [-0.3, -0.25) is 4.79 Å². The lowest BCUT2D eigenvalue weighted by molar-refractivity contribution is -0.137. The number of hydrogen-bond acceptors (Lipinski definition) is 2. The van der Waals surface area contributed by atoms with Crippen LogP contribution in [0.5, 0.6) is 0 Å². The Morgan fingerprint density at radius 3 is 2.73 bits per heavy atom. The number of nitrogens with one attached hydrogen (secondary N) is 1. The molecular weight excluding hydrogens is 190 g/mol. The Labute approximate surface area is 89.4 Å². The highest BCUT2D eigenvalue weighted by Crippen LogP contribution is 2.00. The van der Waals surface area contributed by atoms with E-state index in [0.717, 1.165) is 5.56 Å². The molecule has 0 radical (unpaired) electrons. The fourth-order valence-electron chi connectivity index (χ4n) is 1.19. The van der Waals surface area contributed by atoms with Crippen LogP contribution in [0.2, 0.25) is 0 Å². The summed E-state index contributed by atoms with van der Waals surface area (Å²) >= 11 is 0. The Morgan fingerprint density at radius 2 is 2.13 bits per heavy atom. The van der Waals surface area contributed by atoms with Crippen molar-refractivity contribution in [1.82, 2.24) is 5.32 Å². The molecule has 0 aliphatic rings. The fourth-order valence-corrected chi connectivity index (χ4v) is 1.19. The van der Waals surface area contributed by atoms with Gasteiger partial charge in [0.2, 0.25) is 0 Å². The van der Waals surface area contributed by atoms with E-state index in [9.17, 15) is 4.79 Å². The first-order valence-corrected chi connectivity index (χ1v) is 4.88. The van der Waals surface area contributed by atoms with E-state index in [1.807, 2.05) is 43.3 Å². The molecule has 0 fully saturated rings. The van der Waals surface area contributed by atoms with E-state index in [0.29, 0.717) is 0 Å². The van der Waals surface area contributed by atoms with E-state index >= 15 is 0 Å². The van der Waals surface area contributed by atoms with Crippen LogP contribution in [0.3, 0.4) is 0 Å². The van der Waals surface area contributed by atoms with Crippen molar-refractivity contribution < 1.29 is 9.90 Å². The summed E-state index contributed by atoms with van der Waals surface area (Å²) < 4.78 is 0. The molecule has 0 heterocycles. The second kappa shape index (κ2) is 5.86. The molecular formula is C12H15NO2. The maximum atomic E-state index is 10.4. The SMILES string of the molecule is C[C@H](CC(=O)O)N/C=C/c1ccccc1. The number of rotatable bonds is 5. The van der Waals surface area contributed by atoms with Gasteiger partial charge in [-0.2, -0.15) is 0 Å². The first-order valence-electron chi connectivity index (χ1n) is 4.88. The van der Waals surface area contributed by atoms with E-state index in [4.69, 9.17) is 5.11 Å². The first-order chi connectivity index (χ1) is 7.18. The van der Waals surface area contributed by atoms with E-state index in [-0.39, 0.29) is 12.5 Å². The molecule has 0 saturated carbocycles. The lowest BCUT2D eigenvalue weighted by atomic mass is 10.2. The normalized spacial score (nSPS) is 12.6. The summed E-state index contributed by atoms with van der Waals surface area (Å²) in [6, 6.07) is 9.79. The van der Waals surface area contributed by atoms with Crippen molar-refractivity contribution in [3.05, 3.63) is 42.1 Å². The predicted molar refractivity (Wildman–Crippen MR) is 60.3 cm³/mol. The second-order valence-corrected chi connectivity index (χ2v) is 3.41. The van der Waals surface area contributed by atoms with Gasteiger partial charge in [-0.1, -0.05) is 30.3 Å². The van der Waals surface area contributed by atoms with Crippen LogP contribution in [0.1, 0.15) is 18.9 Å². The number of carbonyl (C=O) groups is 1. The van der Waals surface area contributed by atoms with Crippen LogP contribution in [0.25, 0.3) is 6.08 Å². The summed E-state index contributed by atoms with van der Waals surface area (Å²) in [5.41, 5.74) is 1.09. The molecule has 0 aromatic heterocycles. The van der Waals surface area contributed by atoms with Crippen LogP contribution in [0.4, 0.5) is 0 Å². The third-order valence-corrected chi connectivity index (χ3v) is 1.94. The summed E-state index contributed by atoms with van der Waals surface area (Å²) in [7, 11) is 0. The van der Waals surface area contributed by atoms with Crippen LogP contribution < -0.4 is 5.32 Å². The van der Waals surface area contributed by atoms with Gasteiger partial charge in [-0.15, -0.1) is 0 Å². The Morgan fingerprint density at radius 1 is 1.47 bits per heavy atom. The van der Waals surface area contributed by atoms with Crippen molar-refractivity contribution >= 4 is 12.0 Å². The molecule has 1 aromatic rings. The van der Waals surface area contributed by atoms with Gasteiger partial charge >= 0.3 is 5.97 Å². The summed E-state index contributed by atoms with van der Waals surface area (Å²) in [6.07, 6.45) is 3.82. The lowest BCUT2D eigenvalue weighted by Crippen LogP contribution is -2.23. The predicted octanol–water partition coefficient (Wildman–Crippen LogP) is 2.11. The maximum Gasteiger partial charge on any atom is 0.305 e. The molecule has 0 aliphatic heterocycles. The minimum atomic E-state index is -0.789. The van der Waals surface area contributed by atoms with Crippen LogP contribution in [0, 0.1) is 0 Å². The van der Waals surface area contributed by atoms with Gasteiger partial charge in [0.25, 0.3) is 0 Å². The molecule has 0 saturated heterocycles. The summed E-state index contributed by atoms with van der Waals surface area (Å²) in [5.74, 6) is -0.789. The van der Waals surface area contributed by atoms with Gasteiger partial charge in [-0.05, 0) is 24.8 Å². The molecule has 3 heteroatoms. The second-order valence-electron chi connectivity index (χ2n) is 3.41. The molecule has 0 amide bonds. The third kappa shape index (κ3) is 4.86. The highest BCUT2D eigenvalue weighted by molar-refractivity contribution is 5.67. The average Bonchev–Trinajstić information content (AvgIpc) is 2.18. The zero-order valence-electron chi connectivity index (χ0n) is 8.68. The molecule has 15 heavy (non-hydrogen) atoms. The van der Waals surface area contributed by atoms with Gasteiger partial charge < -0.3 is 10.4 Å². The van der Waals surface area contributed by atoms with Crippen LogP contribution in [-0.4, -0.2) is 17.1 Å². The topological polar surface area (TPSA) is 49.3 Å². The first kappa shape index (κ1) is 11.3. The summed E-state index contributed by atoms with van der Waals surface area (Å²) in [4.78, 5) is 10.4. The Balaban J connectivity index is 2.37. The van der Waals surface area contributed by atoms with Crippen molar-refractivity contribution in [3.8, 4) is 0 Å². The highest BCUT2D eigenvalue weighted by Gasteiger charge is 2.03. The number of carboxylic acid groups (broad SMARTS) is 1. The van der Waals surface area contributed by atoms with E-state index in [2.05, 4.69) is 5.32 Å². The maximum absolute atomic E-state index is 10.4. The van der Waals surface area contributed by atoms with Crippen molar-refractivity contribution in [2.24, 2.45) is 0 Å². The molecule has 0 unspecified atom stereocenters. The Bertz CT molecular complexity index is 333. The monoisotopic (exact) mass is 205 g/mol. The zero-order chi connectivity index (χ0) is 11.1. The zero-order valence-corrected chi connectivity index (χ0v) is 8.68. The molecule has 0 spiro atoms.